The first-order valence-electron chi connectivity index (χ1n) is 7.34. The summed E-state index contributed by atoms with van der Waals surface area (Å²) >= 11 is 0. The molecule has 0 atom stereocenters. The minimum Gasteiger partial charge on any atom is -0.484 e. The molecule has 3 rings (SSSR count). The van der Waals surface area contributed by atoms with Gasteiger partial charge in [-0.15, -0.1) is 0 Å². The Morgan fingerprint density at radius 2 is 2.00 bits per heavy atom. The number of aromatic amines is 1. The number of hydrogen-bond donors (Lipinski definition) is 3. The summed E-state index contributed by atoms with van der Waals surface area (Å²) in [4.78, 5) is 23.9. The van der Waals surface area contributed by atoms with Crippen LogP contribution in [0.1, 0.15) is 15.9 Å². The maximum absolute atomic E-state index is 12.2. The van der Waals surface area contributed by atoms with Crippen molar-refractivity contribution in [3.63, 3.8) is 0 Å². The van der Waals surface area contributed by atoms with Crippen molar-refractivity contribution >= 4 is 22.7 Å². The maximum atomic E-state index is 12.2. The van der Waals surface area contributed by atoms with Crippen LogP contribution in [0.2, 0.25) is 0 Å². The summed E-state index contributed by atoms with van der Waals surface area (Å²) in [5.74, 6) is -0.297. The van der Waals surface area contributed by atoms with Gasteiger partial charge in [-0.25, -0.2) is 0 Å². The second-order valence-electron chi connectivity index (χ2n) is 5.25. The molecule has 3 aromatic rings. The van der Waals surface area contributed by atoms with Crippen LogP contribution in [0.25, 0.3) is 10.9 Å². The Kier molecular flexibility index (Phi) is 4.42. The number of aromatic nitrogens is 2. The number of ether oxygens (including phenoxy) is 1. The minimum absolute atomic E-state index is 0.196. The molecule has 24 heavy (non-hydrogen) atoms. The topological polar surface area (TPSA) is 96.1 Å². The van der Waals surface area contributed by atoms with Crippen molar-refractivity contribution in [3.05, 3.63) is 59.8 Å². The average Bonchev–Trinajstić information content (AvgIpc) is 3.06. The van der Waals surface area contributed by atoms with Crippen molar-refractivity contribution in [2.75, 3.05) is 6.61 Å². The molecule has 0 radical (unpaired) electrons. The van der Waals surface area contributed by atoms with Gasteiger partial charge in [-0.1, -0.05) is 24.3 Å². The van der Waals surface area contributed by atoms with Crippen LogP contribution in [0.4, 0.5) is 0 Å². The molecule has 1 heterocycles. The number of rotatable bonds is 4. The van der Waals surface area contributed by atoms with Gasteiger partial charge in [0.2, 0.25) is 0 Å². The summed E-state index contributed by atoms with van der Waals surface area (Å²) in [5, 5.41) is 7.47. The van der Waals surface area contributed by atoms with Crippen LogP contribution < -0.4 is 15.6 Å². The highest BCUT2D eigenvalue weighted by molar-refractivity contribution is 6.05. The smallest absolute Gasteiger partial charge is 0.276 e. The van der Waals surface area contributed by atoms with Gasteiger partial charge in [-0.05, 0) is 30.7 Å². The number of benzene rings is 2. The molecule has 2 amide bonds. The predicted molar refractivity (Wildman–Crippen MR) is 88.4 cm³/mol. The largest absolute Gasteiger partial charge is 0.484 e. The first-order chi connectivity index (χ1) is 11.6. The number of nitrogens with zero attached hydrogens (tertiary/aromatic N) is 1. The van der Waals surface area contributed by atoms with E-state index in [-0.39, 0.29) is 6.61 Å². The number of carbonyl (C=O) groups is 2. The van der Waals surface area contributed by atoms with Crippen LogP contribution in [0.15, 0.2) is 48.7 Å². The highest BCUT2D eigenvalue weighted by Gasteiger charge is 2.12. The highest BCUT2D eigenvalue weighted by atomic mass is 16.5. The summed E-state index contributed by atoms with van der Waals surface area (Å²) in [6.45, 7) is 1.74. The van der Waals surface area contributed by atoms with Gasteiger partial charge in [-0.3, -0.25) is 25.5 Å². The van der Waals surface area contributed by atoms with E-state index < -0.39 is 11.8 Å². The summed E-state index contributed by atoms with van der Waals surface area (Å²) in [5.41, 5.74) is 6.73. The van der Waals surface area contributed by atoms with E-state index in [1.165, 1.54) is 0 Å². The molecule has 0 saturated carbocycles. The molecule has 0 aliphatic carbocycles. The van der Waals surface area contributed by atoms with Crippen molar-refractivity contribution in [1.82, 2.24) is 21.0 Å². The van der Waals surface area contributed by atoms with Gasteiger partial charge >= 0.3 is 0 Å². The number of carbonyl (C=O) groups excluding carboxylic acids is 2. The van der Waals surface area contributed by atoms with Crippen LogP contribution in [-0.4, -0.2) is 28.6 Å². The zero-order valence-corrected chi connectivity index (χ0v) is 13.0. The average molecular weight is 324 g/mol. The summed E-state index contributed by atoms with van der Waals surface area (Å²) in [6.07, 6.45) is 1.63. The lowest BCUT2D eigenvalue weighted by Gasteiger charge is -2.09. The number of H-pyrrole nitrogens is 1. The Balaban J connectivity index is 1.54. The van der Waals surface area contributed by atoms with E-state index in [1.807, 2.05) is 31.2 Å². The van der Waals surface area contributed by atoms with E-state index in [0.29, 0.717) is 16.8 Å². The van der Waals surface area contributed by atoms with Gasteiger partial charge in [0, 0.05) is 5.39 Å². The lowest BCUT2D eigenvalue weighted by molar-refractivity contribution is -0.123. The minimum atomic E-state index is -0.457. The quantitative estimate of drug-likeness (QED) is 0.637. The Morgan fingerprint density at radius 3 is 2.83 bits per heavy atom. The first-order valence-corrected chi connectivity index (χ1v) is 7.34. The lowest BCUT2D eigenvalue weighted by atomic mass is 10.1. The molecule has 2 aromatic carbocycles. The molecule has 0 unspecified atom stereocenters. The van der Waals surface area contributed by atoms with Crippen LogP contribution in [0.5, 0.6) is 5.75 Å². The van der Waals surface area contributed by atoms with Crippen LogP contribution in [-0.2, 0) is 4.79 Å². The summed E-state index contributed by atoms with van der Waals surface area (Å²) < 4.78 is 5.36. The number of hydrazine groups is 1. The molecule has 0 spiro atoms. The first kappa shape index (κ1) is 15.5. The molecule has 0 aliphatic rings. The number of aryl methyl sites for hydroxylation is 1. The molecular formula is C17H16N4O3. The van der Waals surface area contributed by atoms with Gasteiger partial charge in [0.25, 0.3) is 11.8 Å². The fourth-order valence-electron chi connectivity index (χ4n) is 2.24. The second kappa shape index (κ2) is 6.82. The summed E-state index contributed by atoms with van der Waals surface area (Å²) in [6, 6.07) is 12.6. The van der Waals surface area contributed by atoms with Crippen molar-refractivity contribution < 1.29 is 14.3 Å². The third-order valence-corrected chi connectivity index (χ3v) is 3.40. The van der Waals surface area contributed by atoms with E-state index in [1.54, 1.807) is 24.4 Å². The van der Waals surface area contributed by atoms with Gasteiger partial charge in [-0.2, -0.15) is 5.10 Å². The molecule has 0 bridgehead atoms. The van der Waals surface area contributed by atoms with Crippen LogP contribution >= 0.6 is 0 Å². The standard InChI is InChI=1S/C17H16N4O3/c1-11-4-2-6-13(8-11)24-10-15(22)19-21-17(23)14-7-3-5-12-9-18-20-16(12)14/h2-9H,10H2,1H3,(H,18,20)(H,19,22)(H,21,23). The monoisotopic (exact) mass is 324 g/mol. The third-order valence-electron chi connectivity index (χ3n) is 3.40. The van der Waals surface area contributed by atoms with Crippen molar-refractivity contribution in [2.45, 2.75) is 6.92 Å². The second-order valence-corrected chi connectivity index (χ2v) is 5.25. The Labute approximate surface area is 138 Å². The van der Waals surface area contributed by atoms with Crippen LogP contribution in [0.3, 0.4) is 0 Å². The Bertz CT molecular complexity index is 888. The number of para-hydroxylation sites is 1. The lowest BCUT2D eigenvalue weighted by Crippen LogP contribution is -2.43. The van der Waals surface area contributed by atoms with E-state index >= 15 is 0 Å². The van der Waals surface area contributed by atoms with Crippen molar-refractivity contribution in [1.29, 1.82) is 0 Å². The molecular weight excluding hydrogens is 308 g/mol. The molecule has 7 nitrogen and oxygen atoms in total. The van der Waals surface area contributed by atoms with E-state index in [9.17, 15) is 9.59 Å². The number of nitrogens with one attached hydrogen (secondary N) is 3. The molecule has 0 saturated heterocycles. The number of hydrogen-bond acceptors (Lipinski definition) is 4. The fraction of sp³-hybridized carbons (Fsp3) is 0.118. The Hall–Kier alpha value is -3.35. The molecule has 0 fully saturated rings. The number of fused-ring (bicyclic) bond motifs is 1. The van der Waals surface area contributed by atoms with Crippen molar-refractivity contribution in [3.8, 4) is 5.75 Å². The molecule has 122 valence electrons. The third kappa shape index (κ3) is 3.52. The van der Waals surface area contributed by atoms with Crippen molar-refractivity contribution in [2.24, 2.45) is 0 Å². The fourth-order valence-corrected chi connectivity index (χ4v) is 2.24. The Morgan fingerprint density at radius 1 is 1.17 bits per heavy atom. The van der Waals surface area contributed by atoms with Gasteiger partial charge in [0.1, 0.15) is 5.75 Å². The molecule has 1 aromatic heterocycles. The maximum Gasteiger partial charge on any atom is 0.276 e. The highest BCUT2D eigenvalue weighted by Crippen LogP contribution is 2.15. The van der Waals surface area contributed by atoms with E-state index in [2.05, 4.69) is 21.0 Å². The zero-order chi connectivity index (χ0) is 16.9. The van der Waals surface area contributed by atoms with Gasteiger partial charge in [0.15, 0.2) is 6.61 Å². The summed E-state index contributed by atoms with van der Waals surface area (Å²) in [7, 11) is 0. The SMILES string of the molecule is Cc1cccc(OCC(=O)NNC(=O)c2cccc3cn[nH]c23)c1. The van der Waals surface area contributed by atoms with Crippen LogP contribution in [0, 0.1) is 6.92 Å². The van der Waals surface area contributed by atoms with E-state index in [4.69, 9.17) is 4.74 Å². The predicted octanol–water partition coefficient (Wildman–Crippen LogP) is 1.71. The van der Waals surface area contributed by atoms with Gasteiger partial charge in [0.05, 0.1) is 17.3 Å². The van der Waals surface area contributed by atoms with Gasteiger partial charge < -0.3 is 4.74 Å². The molecule has 7 heteroatoms. The normalized spacial score (nSPS) is 10.4. The number of amides is 2. The zero-order valence-electron chi connectivity index (χ0n) is 13.0. The molecule has 0 aliphatic heterocycles. The molecule has 3 N–H and O–H groups in total. The van der Waals surface area contributed by atoms with E-state index in [0.717, 1.165) is 10.9 Å².